The van der Waals surface area contributed by atoms with E-state index in [0.717, 1.165) is 0 Å². The van der Waals surface area contributed by atoms with E-state index in [1.54, 1.807) is 36.5 Å². The van der Waals surface area contributed by atoms with Gasteiger partial charge in [-0.1, -0.05) is 11.6 Å². The average molecular weight is 351 g/mol. The highest BCUT2D eigenvalue weighted by atomic mass is 35.5. The molecule has 24 heavy (non-hydrogen) atoms. The Bertz CT molecular complexity index is 743. The van der Waals surface area contributed by atoms with Crippen LogP contribution in [0.2, 0.25) is 5.02 Å². The summed E-state index contributed by atoms with van der Waals surface area (Å²) in [5.74, 6) is 0.161. The molecule has 0 unspecified atom stereocenters. The van der Waals surface area contributed by atoms with Crippen molar-refractivity contribution in [3.63, 3.8) is 0 Å². The summed E-state index contributed by atoms with van der Waals surface area (Å²) in [5.41, 5.74) is 0.0206. The van der Waals surface area contributed by atoms with Crippen LogP contribution >= 0.6 is 11.6 Å². The Hall–Kier alpha value is -2.31. The lowest BCUT2D eigenvalue weighted by atomic mass is 10.2. The molecule has 0 fully saturated rings. The fourth-order valence-corrected chi connectivity index (χ4v) is 2.13. The summed E-state index contributed by atoms with van der Waals surface area (Å²) in [5, 5.41) is 13.0. The maximum absolute atomic E-state index is 12.0. The third-order valence-electron chi connectivity index (χ3n) is 3.35. The predicted molar refractivity (Wildman–Crippen MR) is 91.7 cm³/mol. The molecule has 0 spiro atoms. The minimum absolute atomic E-state index is 0.0171. The SMILES string of the molecule is CCn1ccc(C(=O)NC[C@@H](O)COc2ccc(Cl)cc2)cc1=O. The molecule has 0 radical (unpaired) electrons. The first kappa shape index (κ1) is 18.0. The molecule has 128 valence electrons. The molecule has 2 N–H and O–H groups in total. The van der Waals surface area contributed by atoms with Gasteiger partial charge in [0.05, 0.1) is 0 Å². The number of aliphatic hydroxyl groups is 1. The van der Waals surface area contributed by atoms with E-state index in [1.165, 1.54) is 10.6 Å². The maximum atomic E-state index is 12.0. The zero-order valence-corrected chi connectivity index (χ0v) is 14.0. The van der Waals surface area contributed by atoms with Gasteiger partial charge in [0.15, 0.2) is 0 Å². The van der Waals surface area contributed by atoms with Gasteiger partial charge in [-0.05, 0) is 37.3 Å². The number of pyridine rings is 1. The first-order chi connectivity index (χ1) is 11.5. The molecule has 0 aliphatic carbocycles. The van der Waals surface area contributed by atoms with Crippen LogP contribution in [0.5, 0.6) is 5.75 Å². The molecule has 0 saturated heterocycles. The van der Waals surface area contributed by atoms with Gasteiger partial charge in [-0.2, -0.15) is 0 Å². The van der Waals surface area contributed by atoms with E-state index in [4.69, 9.17) is 16.3 Å². The van der Waals surface area contributed by atoms with Gasteiger partial charge in [0.2, 0.25) is 0 Å². The quantitative estimate of drug-likeness (QED) is 0.796. The summed E-state index contributed by atoms with van der Waals surface area (Å²) in [4.78, 5) is 23.7. The number of amides is 1. The first-order valence-corrected chi connectivity index (χ1v) is 7.92. The first-order valence-electron chi connectivity index (χ1n) is 7.54. The number of halogens is 1. The summed E-state index contributed by atoms with van der Waals surface area (Å²) in [6.45, 7) is 2.43. The number of benzene rings is 1. The van der Waals surface area contributed by atoms with Crippen molar-refractivity contribution in [2.24, 2.45) is 0 Å². The number of rotatable bonds is 7. The van der Waals surface area contributed by atoms with Gasteiger partial charge in [-0.3, -0.25) is 9.59 Å². The van der Waals surface area contributed by atoms with Crippen LogP contribution in [0.1, 0.15) is 17.3 Å². The van der Waals surface area contributed by atoms with Gasteiger partial charge in [-0.15, -0.1) is 0 Å². The van der Waals surface area contributed by atoms with Crippen LogP contribution in [0.15, 0.2) is 47.4 Å². The van der Waals surface area contributed by atoms with Crippen LogP contribution < -0.4 is 15.6 Å². The van der Waals surface area contributed by atoms with Crippen molar-refractivity contribution in [1.82, 2.24) is 9.88 Å². The molecule has 1 heterocycles. The van der Waals surface area contributed by atoms with Crippen LogP contribution in [-0.4, -0.2) is 34.8 Å². The number of carbonyl (C=O) groups is 1. The van der Waals surface area contributed by atoms with Gasteiger partial charge in [-0.25, -0.2) is 0 Å². The zero-order chi connectivity index (χ0) is 17.5. The van der Waals surface area contributed by atoms with Crippen molar-refractivity contribution in [1.29, 1.82) is 0 Å². The monoisotopic (exact) mass is 350 g/mol. The molecule has 1 aromatic heterocycles. The van der Waals surface area contributed by atoms with Crippen LogP contribution in [0.3, 0.4) is 0 Å². The number of hydrogen-bond donors (Lipinski definition) is 2. The fourth-order valence-electron chi connectivity index (χ4n) is 2.01. The third-order valence-corrected chi connectivity index (χ3v) is 3.61. The van der Waals surface area contributed by atoms with Crippen LogP contribution in [0, 0.1) is 0 Å². The number of hydrogen-bond acceptors (Lipinski definition) is 4. The summed E-state index contributed by atoms with van der Waals surface area (Å²) < 4.78 is 6.89. The second-order valence-electron chi connectivity index (χ2n) is 5.17. The largest absolute Gasteiger partial charge is 0.491 e. The number of aromatic nitrogens is 1. The molecular formula is C17H19ClN2O4. The van der Waals surface area contributed by atoms with Crippen molar-refractivity contribution < 1.29 is 14.6 Å². The average Bonchev–Trinajstić information content (AvgIpc) is 2.59. The van der Waals surface area contributed by atoms with Crippen molar-refractivity contribution in [3.8, 4) is 5.75 Å². The number of aryl methyl sites for hydroxylation is 1. The summed E-state index contributed by atoms with van der Waals surface area (Å²) >= 11 is 5.77. The second-order valence-corrected chi connectivity index (χ2v) is 5.60. The highest BCUT2D eigenvalue weighted by molar-refractivity contribution is 6.30. The van der Waals surface area contributed by atoms with E-state index >= 15 is 0 Å². The molecule has 2 rings (SSSR count). The molecule has 1 atom stereocenters. The van der Waals surface area contributed by atoms with Gasteiger partial charge in [0, 0.05) is 35.9 Å². The summed E-state index contributed by atoms with van der Waals surface area (Å²) in [7, 11) is 0. The maximum Gasteiger partial charge on any atom is 0.251 e. The van der Waals surface area contributed by atoms with Crippen molar-refractivity contribution in [2.75, 3.05) is 13.2 Å². The molecule has 1 amide bonds. The van der Waals surface area contributed by atoms with Crippen LogP contribution in [0.25, 0.3) is 0 Å². The van der Waals surface area contributed by atoms with E-state index < -0.39 is 12.0 Å². The lowest BCUT2D eigenvalue weighted by molar-refractivity contribution is 0.0843. The molecule has 6 nitrogen and oxygen atoms in total. The molecule has 0 aliphatic rings. The molecular weight excluding hydrogens is 332 g/mol. The predicted octanol–water partition coefficient (Wildman–Crippen LogP) is 1.69. The van der Waals surface area contributed by atoms with Crippen molar-refractivity contribution >= 4 is 17.5 Å². The minimum Gasteiger partial charge on any atom is -0.491 e. The normalized spacial score (nSPS) is 11.8. The van der Waals surface area contributed by atoms with E-state index in [0.29, 0.717) is 17.3 Å². The molecule has 7 heteroatoms. The van der Waals surface area contributed by atoms with Gasteiger partial charge < -0.3 is 19.7 Å². The van der Waals surface area contributed by atoms with Gasteiger partial charge in [0.25, 0.3) is 11.5 Å². The highest BCUT2D eigenvalue weighted by Gasteiger charge is 2.11. The number of aliphatic hydroxyl groups excluding tert-OH is 1. The zero-order valence-electron chi connectivity index (χ0n) is 13.2. The molecule has 0 aliphatic heterocycles. The number of nitrogens with zero attached hydrogens (tertiary/aromatic N) is 1. The number of ether oxygens (including phenoxy) is 1. The van der Waals surface area contributed by atoms with Crippen LogP contribution in [0.4, 0.5) is 0 Å². The second kappa shape index (κ2) is 8.52. The van der Waals surface area contributed by atoms with Gasteiger partial charge in [0.1, 0.15) is 18.5 Å². The lowest BCUT2D eigenvalue weighted by Gasteiger charge is -2.13. The molecule has 0 bridgehead atoms. The summed E-state index contributed by atoms with van der Waals surface area (Å²) in [6, 6.07) is 9.59. The fraction of sp³-hybridized carbons (Fsp3) is 0.294. The van der Waals surface area contributed by atoms with E-state index in [2.05, 4.69) is 5.32 Å². The topological polar surface area (TPSA) is 80.6 Å². The van der Waals surface area contributed by atoms with Gasteiger partial charge >= 0.3 is 0 Å². The Kier molecular flexibility index (Phi) is 6.40. The van der Waals surface area contributed by atoms with Crippen molar-refractivity contribution in [2.45, 2.75) is 19.6 Å². The third kappa shape index (κ3) is 5.11. The highest BCUT2D eigenvalue weighted by Crippen LogP contribution is 2.15. The Morgan fingerprint density at radius 2 is 2.04 bits per heavy atom. The Morgan fingerprint density at radius 1 is 1.33 bits per heavy atom. The Morgan fingerprint density at radius 3 is 2.67 bits per heavy atom. The standard InChI is InChI=1S/C17H19ClN2O4/c1-2-20-8-7-12(9-16(20)22)17(23)19-10-14(21)11-24-15-5-3-13(18)4-6-15/h3-9,14,21H,2,10-11H2,1H3,(H,19,23)/t14-/m1/s1. The van der Waals surface area contributed by atoms with E-state index in [1.807, 2.05) is 6.92 Å². The summed E-state index contributed by atoms with van der Waals surface area (Å²) in [6.07, 6.45) is 0.692. The molecule has 2 aromatic rings. The number of nitrogens with one attached hydrogen (secondary N) is 1. The van der Waals surface area contributed by atoms with Crippen LogP contribution in [-0.2, 0) is 6.54 Å². The molecule has 0 saturated carbocycles. The number of carbonyl (C=O) groups excluding carboxylic acids is 1. The Labute approximate surface area is 144 Å². The molecule has 1 aromatic carbocycles. The smallest absolute Gasteiger partial charge is 0.251 e. The van der Waals surface area contributed by atoms with E-state index in [-0.39, 0.29) is 24.3 Å². The Balaban J connectivity index is 1.81. The minimum atomic E-state index is -0.874. The lowest BCUT2D eigenvalue weighted by Crippen LogP contribution is -2.35. The van der Waals surface area contributed by atoms with E-state index in [9.17, 15) is 14.7 Å². The van der Waals surface area contributed by atoms with Crippen molar-refractivity contribution in [3.05, 3.63) is 63.5 Å².